The summed E-state index contributed by atoms with van der Waals surface area (Å²) in [4.78, 5) is 14.7. The number of nitrogens with zero attached hydrogens (tertiary/aromatic N) is 1. The Morgan fingerprint density at radius 1 is 1.19 bits per heavy atom. The summed E-state index contributed by atoms with van der Waals surface area (Å²) >= 11 is 12.0. The summed E-state index contributed by atoms with van der Waals surface area (Å²) in [6.07, 6.45) is 5.34. The molecule has 0 aliphatic carbocycles. The minimum atomic E-state index is -0.354. The Balaban J connectivity index is 1.68. The second kappa shape index (κ2) is 7.73. The second-order valence-corrected chi connectivity index (χ2v) is 9.24. The number of piperidine rings is 2. The highest BCUT2D eigenvalue weighted by Crippen LogP contribution is 2.35. The first-order valence-corrected chi connectivity index (χ1v) is 10.2. The Hall–Kier alpha value is -1.33. The van der Waals surface area contributed by atoms with E-state index in [2.05, 4.69) is 15.5 Å². The average molecular weight is 394 g/mol. The first-order valence-electron chi connectivity index (χ1n) is 9.40. The van der Waals surface area contributed by atoms with Crippen LogP contribution in [-0.4, -0.2) is 34.0 Å². The van der Waals surface area contributed by atoms with Crippen molar-refractivity contribution in [3.05, 3.63) is 29.3 Å². The van der Waals surface area contributed by atoms with Gasteiger partial charge in [0, 0.05) is 23.5 Å². The van der Waals surface area contributed by atoms with Crippen molar-refractivity contribution >= 4 is 40.5 Å². The summed E-state index contributed by atoms with van der Waals surface area (Å²) in [6.45, 7) is 5.88. The van der Waals surface area contributed by atoms with Crippen LogP contribution in [0.3, 0.4) is 0 Å². The number of halogens is 1. The van der Waals surface area contributed by atoms with Gasteiger partial charge in [-0.3, -0.25) is 4.79 Å². The molecule has 1 aromatic rings. The van der Waals surface area contributed by atoms with Gasteiger partial charge >= 0.3 is 0 Å². The van der Waals surface area contributed by atoms with Crippen molar-refractivity contribution in [1.29, 1.82) is 0 Å². The molecule has 2 aliphatic heterocycles. The zero-order chi connectivity index (χ0) is 18.9. The highest BCUT2D eigenvalue weighted by atomic mass is 35.5. The lowest BCUT2D eigenvalue weighted by Gasteiger charge is -2.50. The van der Waals surface area contributed by atoms with E-state index in [1.807, 2.05) is 45.0 Å². The van der Waals surface area contributed by atoms with Crippen LogP contribution in [0.25, 0.3) is 0 Å². The summed E-state index contributed by atoms with van der Waals surface area (Å²) in [5.41, 5.74) is 0.494. The number of carbonyl (C=O) groups is 1. The first-order chi connectivity index (χ1) is 12.3. The van der Waals surface area contributed by atoms with E-state index in [0.717, 1.165) is 36.5 Å². The summed E-state index contributed by atoms with van der Waals surface area (Å²) in [6, 6.07) is 8.64. The minimum absolute atomic E-state index is 0.130. The molecule has 26 heavy (non-hydrogen) atoms. The van der Waals surface area contributed by atoms with Gasteiger partial charge in [0.25, 0.3) is 0 Å². The fraction of sp³-hybridized carbons (Fsp3) is 0.600. The number of rotatable bonds is 2. The molecule has 3 rings (SSSR count). The molecule has 2 fully saturated rings. The van der Waals surface area contributed by atoms with Crippen LogP contribution < -0.4 is 10.6 Å². The van der Waals surface area contributed by atoms with Crippen LogP contribution in [0.5, 0.6) is 0 Å². The quantitative estimate of drug-likeness (QED) is 0.721. The highest BCUT2D eigenvalue weighted by molar-refractivity contribution is 7.80. The number of fused-ring (bicyclic) bond motifs is 2. The van der Waals surface area contributed by atoms with E-state index in [-0.39, 0.29) is 17.4 Å². The Labute approximate surface area is 166 Å². The molecule has 2 aliphatic rings. The van der Waals surface area contributed by atoms with Gasteiger partial charge in [0.15, 0.2) is 5.11 Å². The SMILES string of the molecule is CC(C)(C)C(=O)NC1C[C@H]2CCC[C@@H](C1)N2C(=S)Nc1ccccc1Cl. The van der Waals surface area contributed by atoms with Crippen LogP contribution in [0.4, 0.5) is 5.69 Å². The number of anilines is 1. The number of amides is 1. The van der Waals surface area contributed by atoms with Crippen molar-refractivity contribution in [2.24, 2.45) is 5.41 Å². The largest absolute Gasteiger partial charge is 0.353 e. The molecule has 0 saturated carbocycles. The third-order valence-corrected chi connectivity index (χ3v) is 5.98. The number of hydrogen-bond acceptors (Lipinski definition) is 2. The first kappa shape index (κ1) is 19.4. The van der Waals surface area contributed by atoms with Gasteiger partial charge in [-0.05, 0) is 56.5 Å². The van der Waals surface area contributed by atoms with E-state index in [1.54, 1.807) is 0 Å². The van der Waals surface area contributed by atoms with Crippen molar-refractivity contribution in [2.75, 3.05) is 5.32 Å². The molecule has 0 aromatic heterocycles. The fourth-order valence-electron chi connectivity index (χ4n) is 3.98. The van der Waals surface area contributed by atoms with Crippen molar-refractivity contribution in [1.82, 2.24) is 10.2 Å². The van der Waals surface area contributed by atoms with Crippen LogP contribution in [0.2, 0.25) is 5.02 Å². The highest BCUT2D eigenvalue weighted by Gasteiger charge is 2.40. The van der Waals surface area contributed by atoms with Crippen LogP contribution in [-0.2, 0) is 4.79 Å². The van der Waals surface area contributed by atoms with E-state index >= 15 is 0 Å². The number of hydrogen-bond donors (Lipinski definition) is 2. The molecule has 1 amide bonds. The molecule has 142 valence electrons. The summed E-state index contributed by atoms with van der Waals surface area (Å²) in [5, 5.41) is 8.00. The maximum absolute atomic E-state index is 12.4. The van der Waals surface area contributed by atoms with Crippen molar-refractivity contribution in [2.45, 2.75) is 71.0 Å². The summed E-state index contributed by atoms with van der Waals surface area (Å²) in [7, 11) is 0. The molecular weight excluding hydrogens is 366 g/mol. The van der Waals surface area contributed by atoms with E-state index in [9.17, 15) is 4.79 Å². The Morgan fingerprint density at radius 2 is 1.81 bits per heavy atom. The molecule has 2 N–H and O–H groups in total. The van der Waals surface area contributed by atoms with Gasteiger partial charge in [-0.15, -0.1) is 0 Å². The molecule has 3 atom stereocenters. The molecule has 0 radical (unpaired) electrons. The average Bonchev–Trinajstić information content (AvgIpc) is 2.55. The van der Waals surface area contributed by atoms with Crippen LogP contribution in [0, 0.1) is 5.41 Å². The van der Waals surface area contributed by atoms with Crippen molar-refractivity contribution < 1.29 is 4.79 Å². The zero-order valence-electron chi connectivity index (χ0n) is 15.7. The van der Waals surface area contributed by atoms with Crippen LogP contribution in [0.1, 0.15) is 52.9 Å². The predicted octanol–water partition coefficient (Wildman–Crippen LogP) is 4.58. The van der Waals surface area contributed by atoms with Gasteiger partial charge in [-0.1, -0.05) is 44.5 Å². The molecule has 1 unspecified atom stereocenters. The predicted molar refractivity (Wildman–Crippen MR) is 112 cm³/mol. The lowest BCUT2D eigenvalue weighted by atomic mass is 9.81. The second-order valence-electron chi connectivity index (χ2n) is 8.45. The third kappa shape index (κ3) is 4.32. The Bertz CT molecular complexity index is 674. The molecular formula is C20H28ClN3OS. The maximum atomic E-state index is 12.4. The minimum Gasteiger partial charge on any atom is -0.353 e. The van der Waals surface area contributed by atoms with Gasteiger partial charge in [0.05, 0.1) is 10.7 Å². The molecule has 6 heteroatoms. The number of para-hydroxylation sites is 1. The molecule has 0 spiro atoms. The lowest BCUT2D eigenvalue weighted by molar-refractivity contribution is -0.129. The standard InChI is InChI=1S/C20H28ClN3OS/c1-20(2,3)18(25)22-13-11-14-7-6-8-15(12-13)24(14)19(26)23-17-10-5-4-9-16(17)21/h4-5,9-10,13-15H,6-8,11-12H2,1-3H3,(H,22,25)(H,23,26)/t13?,14-,15+. The Kier molecular flexibility index (Phi) is 5.78. The fourth-order valence-corrected chi connectivity index (χ4v) is 4.57. The monoisotopic (exact) mass is 393 g/mol. The van der Waals surface area contributed by atoms with Gasteiger partial charge in [-0.2, -0.15) is 0 Å². The van der Waals surface area contributed by atoms with E-state index in [4.69, 9.17) is 23.8 Å². The topological polar surface area (TPSA) is 44.4 Å². The molecule has 1 aromatic carbocycles. The molecule has 4 nitrogen and oxygen atoms in total. The normalized spacial score (nSPS) is 25.5. The van der Waals surface area contributed by atoms with Crippen LogP contribution >= 0.6 is 23.8 Å². The summed E-state index contributed by atoms with van der Waals surface area (Å²) < 4.78 is 0. The zero-order valence-corrected chi connectivity index (χ0v) is 17.3. The smallest absolute Gasteiger partial charge is 0.225 e. The number of nitrogens with one attached hydrogen (secondary N) is 2. The molecule has 2 bridgehead atoms. The van der Waals surface area contributed by atoms with Gasteiger partial charge in [0.1, 0.15) is 0 Å². The lowest BCUT2D eigenvalue weighted by Crippen LogP contribution is -2.60. The summed E-state index contributed by atoms with van der Waals surface area (Å²) in [5.74, 6) is 0.130. The van der Waals surface area contributed by atoms with Gasteiger partial charge < -0.3 is 15.5 Å². The number of benzene rings is 1. The number of carbonyl (C=O) groups excluding carboxylic acids is 1. The Morgan fingerprint density at radius 3 is 2.38 bits per heavy atom. The van der Waals surface area contributed by atoms with Gasteiger partial charge in [0.2, 0.25) is 5.91 Å². The van der Waals surface area contributed by atoms with E-state index < -0.39 is 0 Å². The molecule has 2 heterocycles. The van der Waals surface area contributed by atoms with E-state index in [1.165, 1.54) is 6.42 Å². The van der Waals surface area contributed by atoms with Crippen molar-refractivity contribution in [3.8, 4) is 0 Å². The van der Waals surface area contributed by atoms with E-state index in [0.29, 0.717) is 17.1 Å². The third-order valence-electron chi connectivity index (χ3n) is 5.34. The maximum Gasteiger partial charge on any atom is 0.225 e. The van der Waals surface area contributed by atoms with Crippen molar-refractivity contribution in [3.63, 3.8) is 0 Å². The van der Waals surface area contributed by atoms with Gasteiger partial charge in [-0.25, -0.2) is 0 Å². The molecule has 2 saturated heterocycles. The van der Waals surface area contributed by atoms with Crippen LogP contribution in [0.15, 0.2) is 24.3 Å². The number of thiocarbonyl (C=S) groups is 1.